The monoisotopic (exact) mass is 350 g/mol. The van der Waals surface area contributed by atoms with Crippen molar-refractivity contribution in [3.05, 3.63) is 29.6 Å². The lowest BCUT2D eigenvalue weighted by molar-refractivity contribution is 0.0754. The van der Waals surface area contributed by atoms with Gasteiger partial charge in [0.05, 0.1) is 11.6 Å². The number of amides is 2. The maximum Gasteiger partial charge on any atom is 0.270 e. The van der Waals surface area contributed by atoms with Crippen molar-refractivity contribution in [2.45, 2.75) is 45.3 Å². The maximum absolute atomic E-state index is 13.8. The van der Waals surface area contributed by atoms with Gasteiger partial charge in [0.25, 0.3) is 11.8 Å². The number of hydrogen-bond donors (Lipinski definition) is 2. The van der Waals surface area contributed by atoms with E-state index in [1.165, 1.54) is 12.3 Å². The van der Waals surface area contributed by atoms with Crippen molar-refractivity contribution in [1.82, 2.24) is 20.5 Å². The molecule has 138 valence electrons. The summed E-state index contributed by atoms with van der Waals surface area (Å²) in [4.78, 5) is 30.6. The molecule has 0 aliphatic carbocycles. The van der Waals surface area contributed by atoms with Crippen molar-refractivity contribution >= 4 is 11.8 Å². The first-order valence-corrected chi connectivity index (χ1v) is 8.97. The highest BCUT2D eigenvalue weighted by atomic mass is 19.1. The van der Waals surface area contributed by atoms with Crippen LogP contribution in [0.1, 0.15) is 54.0 Å². The lowest BCUT2D eigenvalue weighted by atomic mass is 10.0. The molecule has 0 spiro atoms. The molecule has 1 aromatic heterocycles. The van der Waals surface area contributed by atoms with Crippen LogP contribution in [0.3, 0.4) is 0 Å². The molecule has 7 heteroatoms. The van der Waals surface area contributed by atoms with Crippen LogP contribution in [0.15, 0.2) is 18.3 Å². The average molecular weight is 350 g/mol. The van der Waals surface area contributed by atoms with Gasteiger partial charge in [0.15, 0.2) is 0 Å². The van der Waals surface area contributed by atoms with E-state index in [9.17, 15) is 14.0 Å². The fourth-order valence-electron chi connectivity index (χ4n) is 2.92. The van der Waals surface area contributed by atoms with E-state index in [1.807, 2.05) is 13.8 Å². The normalized spacial score (nSPS) is 20.1. The third-order valence-electron chi connectivity index (χ3n) is 4.24. The number of pyridine rings is 1. The third kappa shape index (κ3) is 5.22. The highest BCUT2D eigenvalue weighted by Gasteiger charge is 2.26. The molecule has 2 amide bonds. The van der Waals surface area contributed by atoms with E-state index < -0.39 is 18.1 Å². The molecule has 1 aliphatic heterocycles. The number of nitrogens with one attached hydrogen (secondary N) is 2. The zero-order valence-corrected chi connectivity index (χ0v) is 14.9. The molecule has 2 N–H and O–H groups in total. The smallest absolute Gasteiger partial charge is 0.270 e. The van der Waals surface area contributed by atoms with Crippen molar-refractivity contribution in [3.63, 3.8) is 0 Å². The van der Waals surface area contributed by atoms with E-state index >= 15 is 0 Å². The molecule has 0 saturated carbocycles. The molecule has 2 atom stereocenters. The first-order chi connectivity index (χ1) is 12.1. The Bertz CT molecular complexity index is 573. The second-order valence-electron chi connectivity index (χ2n) is 6.31. The molecular weight excluding hydrogens is 323 g/mol. The Morgan fingerprint density at radius 1 is 1.32 bits per heavy atom. The van der Waals surface area contributed by atoms with Crippen molar-refractivity contribution in [3.8, 4) is 0 Å². The van der Waals surface area contributed by atoms with E-state index in [0.717, 1.165) is 12.8 Å². The highest BCUT2D eigenvalue weighted by molar-refractivity contribution is 5.96. The van der Waals surface area contributed by atoms with Crippen LogP contribution in [0.25, 0.3) is 0 Å². The zero-order valence-electron chi connectivity index (χ0n) is 14.9. The average Bonchev–Trinajstić information content (AvgIpc) is 2.63. The summed E-state index contributed by atoms with van der Waals surface area (Å²) in [6, 6.07) is 2.63. The minimum atomic E-state index is -1.10. The summed E-state index contributed by atoms with van der Waals surface area (Å²) in [5, 5.41) is 5.63. The molecule has 2 unspecified atom stereocenters. The van der Waals surface area contributed by atoms with Crippen LogP contribution in [0.2, 0.25) is 0 Å². The summed E-state index contributed by atoms with van der Waals surface area (Å²) in [6.07, 6.45) is 2.65. The Hall–Kier alpha value is -2.02. The first kappa shape index (κ1) is 19.3. The molecule has 6 nitrogen and oxygen atoms in total. The van der Waals surface area contributed by atoms with Crippen LogP contribution >= 0.6 is 0 Å². The third-order valence-corrected chi connectivity index (χ3v) is 4.24. The molecule has 1 aromatic rings. The van der Waals surface area contributed by atoms with Gasteiger partial charge in [-0.25, -0.2) is 4.39 Å². The van der Waals surface area contributed by atoms with Gasteiger partial charge in [-0.2, -0.15) is 0 Å². The summed E-state index contributed by atoms with van der Waals surface area (Å²) in [7, 11) is 0. The Kier molecular flexibility index (Phi) is 7.31. The Balaban J connectivity index is 2.00. The molecule has 25 heavy (non-hydrogen) atoms. The Labute approximate surface area is 148 Å². The van der Waals surface area contributed by atoms with Gasteiger partial charge >= 0.3 is 0 Å². The first-order valence-electron chi connectivity index (χ1n) is 8.97. The number of rotatable bonds is 7. The van der Waals surface area contributed by atoms with Crippen LogP contribution in [-0.4, -0.2) is 60.1 Å². The number of carbonyl (C=O) groups excluding carboxylic acids is 2. The summed E-state index contributed by atoms with van der Waals surface area (Å²) in [5.41, 5.74) is 0.656. The quantitative estimate of drug-likeness (QED) is 0.786. The highest BCUT2D eigenvalue weighted by Crippen LogP contribution is 2.10. The molecule has 1 fully saturated rings. The lowest BCUT2D eigenvalue weighted by Crippen LogP contribution is -2.51. The second kappa shape index (κ2) is 9.46. The predicted molar refractivity (Wildman–Crippen MR) is 94.4 cm³/mol. The zero-order chi connectivity index (χ0) is 18.2. The number of carbonyl (C=O) groups is 2. The SMILES string of the molecule is CCCN(CCC)C(=O)c1ccc(C(=O)NC2CCNCC2F)nc1. The van der Waals surface area contributed by atoms with E-state index in [0.29, 0.717) is 31.6 Å². The van der Waals surface area contributed by atoms with Gasteiger partial charge in [0.1, 0.15) is 11.9 Å². The molecule has 2 rings (SSSR count). The van der Waals surface area contributed by atoms with Crippen LogP contribution in [0.4, 0.5) is 4.39 Å². The van der Waals surface area contributed by atoms with Gasteiger partial charge in [-0.1, -0.05) is 13.8 Å². The van der Waals surface area contributed by atoms with Gasteiger partial charge < -0.3 is 15.5 Å². The molecule has 0 radical (unpaired) electrons. The summed E-state index contributed by atoms with van der Waals surface area (Å²) < 4.78 is 13.8. The van der Waals surface area contributed by atoms with Crippen molar-refractivity contribution in [2.24, 2.45) is 0 Å². The fourth-order valence-corrected chi connectivity index (χ4v) is 2.92. The molecule has 2 heterocycles. The van der Waals surface area contributed by atoms with Gasteiger partial charge in [0.2, 0.25) is 0 Å². The molecule has 1 aliphatic rings. The largest absolute Gasteiger partial charge is 0.345 e. The standard InChI is InChI=1S/C18H27FN4O2/c1-3-9-23(10-4-2)18(25)13-5-6-16(21-11-13)17(24)22-15-7-8-20-12-14(15)19/h5-6,11,14-15,20H,3-4,7-10,12H2,1-2H3,(H,22,24). The molecular formula is C18H27FN4O2. The lowest BCUT2D eigenvalue weighted by Gasteiger charge is -2.27. The number of alkyl halides is 1. The van der Waals surface area contributed by atoms with E-state index in [4.69, 9.17) is 0 Å². The van der Waals surface area contributed by atoms with Crippen molar-refractivity contribution < 1.29 is 14.0 Å². The topological polar surface area (TPSA) is 74.3 Å². The maximum atomic E-state index is 13.8. The van der Waals surface area contributed by atoms with Crippen LogP contribution in [-0.2, 0) is 0 Å². The molecule has 1 saturated heterocycles. The van der Waals surface area contributed by atoms with E-state index in [-0.39, 0.29) is 18.1 Å². The number of hydrogen-bond acceptors (Lipinski definition) is 4. The van der Waals surface area contributed by atoms with Gasteiger partial charge in [-0.05, 0) is 37.9 Å². The van der Waals surface area contributed by atoms with Gasteiger partial charge in [-0.15, -0.1) is 0 Å². The second-order valence-corrected chi connectivity index (χ2v) is 6.31. The number of piperidine rings is 1. The minimum Gasteiger partial charge on any atom is -0.345 e. The summed E-state index contributed by atoms with van der Waals surface area (Å²) in [6.45, 7) is 6.37. The van der Waals surface area contributed by atoms with Gasteiger partial charge in [0, 0.05) is 25.8 Å². The molecule has 0 bridgehead atoms. The van der Waals surface area contributed by atoms with Crippen LogP contribution in [0, 0.1) is 0 Å². The van der Waals surface area contributed by atoms with Crippen LogP contribution < -0.4 is 10.6 Å². The molecule has 0 aromatic carbocycles. The van der Waals surface area contributed by atoms with Gasteiger partial charge in [-0.3, -0.25) is 14.6 Å². The summed E-state index contributed by atoms with van der Waals surface area (Å²) in [5.74, 6) is -0.488. The van der Waals surface area contributed by atoms with E-state index in [1.54, 1.807) is 11.0 Å². The number of aromatic nitrogens is 1. The summed E-state index contributed by atoms with van der Waals surface area (Å²) >= 11 is 0. The van der Waals surface area contributed by atoms with Crippen LogP contribution in [0.5, 0.6) is 0 Å². The van der Waals surface area contributed by atoms with Crippen molar-refractivity contribution in [1.29, 1.82) is 0 Å². The van der Waals surface area contributed by atoms with E-state index in [2.05, 4.69) is 15.6 Å². The Morgan fingerprint density at radius 3 is 2.60 bits per heavy atom. The number of nitrogens with zero attached hydrogens (tertiary/aromatic N) is 2. The van der Waals surface area contributed by atoms with Crippen molar-refractivity contribution in [2.75, 3.05) is 26.2 Å². The Morgan fingerprint density at radius 2 is 2.04 bits per heavy atom. The fraction of sp³-hybridized carbons (Fsp3) is 0.611. The predicted octanol–water partition coefficient (Wildman–Crippen LogP) is 1.77. The number of halogens is 1. The minimum absolute atomic E-state index is 0.0784.